The van der Waals surface area contributed by atoms with Crippen LogP contribution in [0.5, 0.6) is 11.5 Å². The van der Waals surface area contributed by atoms with E-state index in [2.05, 4.69) is 21.2 Å². The topological polar surface area (TPSA) is 30.5 Å². The zero-order chi connectivity index (χ0) is 14.4. The Labute approximate surface area is 132 Å². The lowest BCUT2D eigenvalue weighted by Gasteiger charge is -2.10. The molecular formula is C15H15BrClNO2. The predicted octanol–water partition coefficient (Wildman–Crippen LogP) is 4.60. The fourth-order valence-corrected chi connectivity index (χ4v) is 2.42. The van der Waals surface area contributed by atoms with Gasteiger partial charge in [0.25, 0.3) is 0 Å². The Morgan fingerprint density at radius 2 is 1.75 bits per heavy atom. The van der Waals surface area contributed by atoms with Crippen LogP contribution in [0.3, 0.4) is 0 Å². The molecule has 1 N–H and O–H groups in total. The third-order valence-corrected chi connectivity index (χ3v) is 3.50. The number of rotatable bonds is 6. The van der Waals surface area contributed by atoms with Crippen molar-refractivity contribution in [3.63, 3.8) is 0 Å². The maximum Gasteiger partial charge on any atom is 0.133 e. The minimum Gasteiger partial charge on any atom is -0.490 e. The fourth-order valence-electron chi connectivity index (χ4n) is 1.62. The highest BCUT2D eigenvalue weighted by Crippen LogP contribution is 2.27. The van der Waals surface area contributed by atoms with E-state index in [-0.39, 0.29) is 0 Å². The Kier molecular flexibility index (Phi) is 5.56. The molecule has 2 aromatic rings. The second-order valence-electron chi connectivity index (χ2n) is 4.05. The van der Waals surface area contributed by atoms with Gasteiger partial charge >= 0.3 is 0 Å². The van der Waals surface area contributed by atoms with Crippen LogP contribution in [0.4, 0.5) is 5.69 Å². The molecule has 5 heteroatoms. The average Bonchev–Trinajstić information content (AvgIpc) is 2.46. The van der Waals surface area contributed by atoms with Gasteiger partial charge in [-0.15, -0.1) is 0 Å². The molecule has 0 spiro atoms. The van der Waals surface area contributed by atoms with Crippen LogP contribution in [-0.4, -0.2) is 20.3 Å². The van der Waals surface area contributed by atoms with Crippen LogP contribution < -0.4 is 14.8 Å². The van der Waals surface area contributed by atoms with Gasteiger partial charge in [-0.2, -0.15) is 0 Å². The SMILES string of the molecule is CNc1ccc(OCCOc2ccc(Cl)cc2Br)cc1. The number of anilines is 1. The van der Waals surface area contributed by atoms with Gasteiger partial charge in [-0.1, -0.05) is 11.6 Å². The third kappa shape index (κ3) is 4.32. The maximum atomic E-state index is 5.87. The Hall–Kier alpha value is -1.39. The Bertz CT molecular complexity index is 560. The predicted molar refractivity (Wildman–Crippen MR) is 86.1 cm³/mol. The van der Waals surface area contributed by atoms with Crippen molar-refractivity contribution in [3.8, 4) is 11.5 Å². The average molecular weight is 357 g/mol. The summed E-state index contributed by atoms with van der Waals surface area (Å²) < 4.78 is 12.0. The molecule has 0 fully saturated rings. The largest absolute Gasteiger partial charge is 0.490 e. The minimum atomic E-state index is 0.466. The first-order chi connectivity index (χ1) is 9.69. The molecule has 0 atom stereocenters. The van der Waals surface area contributed by atoms with Crippen LogP contribution in [0.2, 0.25) is 5.02 Å². The van der Waals surface area contributed by atoms with Gasteiger partial charge in [0.1, 0.15) is 24.7 Å². The number of hydrogen-bond acceptors (Lipinski definition) is 3. The molecule has 0 aliphatic carbocycles. The van der Waals surface area contributed by atoms with E-state index in [0.717, 1.165) is 21.7 Å². The zero-order valence-corrected chi connectivity index (χ0v) is 13.4. The van der Waals surface area contributed by atoms with Crippen molar-refractivity contribution in [2.24, 2.45) is 0 Å². The molecular weight excluding hydrogens is 342 g/mol. The van der Waals surface area contributed by atoms with Gasteiger partial charge in [0.15, 0.2) is 0 Å². The first-order valence-corrected chi connectivity index (χ1v) is 7.34. The molecule has 0 saturated heterocycles. The van der Waals surface area contributed by atoms with Gasteiger partial charge in [-0.3, -0.25) is 0 Å². The van der Waals surface area contributed by atoms with Crippen LogP contribution in [0.15, 0.2) is 46.9 Å². The fraction of sp³-hybridized carbons (Fsp3) is 0.200. The summed E-state index contributed by atoms with van der Waals surface area (Å²) in [4.78, 5) is 0. The first kappa shape index (κ1) is 15.0. The number of benzene rings is 2. The van der Waals surface area contributed by atoms with Crippen LogP contribution in [0.1, 0.15) is 0 Å². The summed E-state index contributed by atoms with van der Waals surface area (Å²) in [5, 5.41) is 3.73. The van der Waals surface area contributed by atoms with E-state index < -0.39 is 0 Å². The van der Waals surface area contributed by atoms with Crippen molar-refractivity contribution in [1.82, 2.24) is 0 Å². The van der Waals surface area contributed by atoms with E-state index in [1.165, 1.54) is 0 Å². The standard InChI is InChI=1S/C15H15BrClNO2/c1-18-12-3-5-13(6-4-12)19-8-9-20-15-7-2-11(17)10-14(15)16/h2-7,10,18H,8-9H2,1H3. The van der Waals surface area contributed by atoms with Gasteiger partial charge in [0.2, 0.25) is 0 Å². The zero-order valence-electron chi connectivity index (χ0n) is 11.0. The molecule has 2 rings (SSSR count). The number of hydrogen-bond donors (Lipinski definition) is 1. The summed E-state index contributed by atoms with van der Waals surface area (Å²) in [5.41, 5.74) is 1.05. The molecule has 0 unspecified atom stereocenters. The van der Waals surface area contributed by atoms with Gasteiger partial charge in [-0.25, -0.2) is 0 Å². The van der Waals surface area contributed by atoms with Crippen LogP contribution >= 0.6 is 27.5 Å². The third-order valence-electron chi connectivity index (χ3n) is 2.65. The van der Waals surface area contributed by atoms with E-state index in [0.29, 0.717) is 18.2 Å². The van der Waals surface area contributed by atoms with Crippen LogP contribution in [0, 0.1) is 0 Å². The monoisotopic (exact) mass is 355 g/mol. The van der Waals surface area contributed by atoms with Crippen LogP contribution in [0.25, 0.3) is 0 Å². The van der Waals surface area contributed by atoms with Crippen molar-refractivity contribution in [2.45, 2.75) is 0 Å². The van der Waals surface area contributed by atoms with E-state index >= 15 is 0 Å². The molecule has 0 aromatic heterocycles. The number of halogens is 2. The van der Waals surface area contributed by atoms with E-state index in [9.17, 15) is 0 Å². The minimum absolute atomic E-state index is 0.466. The quantitative estimate of drug-likeness (QED) is 0.767. The Morgan fingerprint density at radius 3 is 2.40 bits per heavy atom. The molecule has 0 radical (unpaired) electrons. The molecule has 20 heavy (non-hydrogen) atoms. The van der Waals surface area contributed by atoms with Gasteiger partial charge in [-0.05, 0) is 58.4 Å². The molecule has 0 heterocycles. The highest BCUT2D eigenvalue weighted by atomic mass is 79.9. The summed E-state index contributed by atoms with van der Waals surface area (Å²) in [6.07, 6.45) is 0. The summed E-state index contributed by atoms with van der Waals surface area (Å²) in [7, 11) is 1.88. The molecule has 0 saturated carbocycles. The van der Waals surface area contributed by atoms with Crippen molar-refractivity contribution in [1.29, 1.82) is 0 Å². The van der Waals surface area contributed by atoms with E-state index in [1.807, 2.05) is 37.4 Å². The van der Waals surface area contributed by atoms with E-state index in [4.69, 9.17) is 21.1 Å². The van der Waals surface area contributed by atoms with Crippen molar-refractivity contribution in [3.05, 3.63) is 52.0 Å². The van der Waals surface area contributed by atoms with Crippen molar-refractivity contribution >= 4 is 33.2 Å². The lowest BCUT2D eigenvalue weighted by atomic mass is 10.3. The van der Waals surface area contributed by atoms with Crippen LogP contribution in [-0.2, 0) is 0 Å². The summed E-state index contributed by atoms with van der Waals surface area (Å²) >= 11 is 9.27. The first-order valence-electron chi connectivity index (χ1n) is 6.17. The normalized spacial score (nSPS) is 10.2. The lowest BCUT2D eigenvalue weighted by molar-refractivity contribution is 0.216. The smallest absolute Gasteiger partial charge is 0.133 e. The molecule has 0 bridgehead atoms. The second kappa shape index (κ2) is 7.41. The van der Waals surface area contributed by atoms with Gasteiger partial charge in [0, 0.05) is 17.8 Å². The number of ether oxygens (including phenoxy) is 2. The molecule has 0 amide bonds. The molecule has 0 aliphatic rings. The molecule has 2 aromatic carbocycles. The Balaban J connectivity index is 1.78. The van der Waals surface area contributed by atoms with Gasteiger partial charge < -0.3 is 14.8 Å². The lowest BCUT2D eigenvalue weighted by Crippen LogP contribution is -2.09. The van der Waals surface area contributed by atoms with Crippen molar-refractivity contribution < 1.29 is 9.47 Å². The number of nitrogens with one attached hydrogen (secondary N) is 1. The maximum absolute atomic E-state index is 5.87. The highest BCUT2D eigenvalue weighted by Gasteiger charge is 2.02. The highest BCUT2D eigenvalue weighted by molar-refractivity contribution is 9.10. The second-order valence-corrected chi connectivity index (χ2v) is 5.34. The summed E-state index contributed by atoms with van der Waals surface area (Å²) in [6, 6.07) is 13.2. The van der Waals surface area contributed by atoms with Crippen molar-refractivity contribution in [2.75, 3.05) is 25.6 Å². The molecule has 0 aliphatic heterocycles. The molecule has 106 valence electrons. The van der Waals surface area contributed by atoms with E-state index in [1.54, 1.807) is 12.1 Å². The summed E-state index contributed by atoms with van der Waals surface area (Å²) in [6.45, 7) is 0.946. The summed E-state index contributed by atoms with van der Waals surface area (Å²) in [5.74, 6) is 1.58. The van der Waals surface area contributed by atoms with Gasteiger partial charge in [0.05, 0.1) is 4.47 Å². The Morgan fingerprint density at radius 1 is 1.05 bits per heavy atom. The molecule has 3 nitrogen and oxygen atoms in total.